The van der Waals surface area contributed by atoms with Gasteiger partial charge in [0.1, 0.15) is 17.4 Å². The second-order valence-corrected chi connectivity index (χ2v) is 5.75. The zero-order chi connectivity index (χ0) is 18.2. The number of hydrogen-bond donors (Lipinski definition) is 0. The van der Waals surface area contributed by atoms with E-state index < -0.39 is 12.1 Å². The lowest BCUT2D eigenvalue weighted by atomic mass is 10.1. The summed E-state index contributed by atoms with van der Waals surface area (Å²) in [6, 6.07) is 8.84. The van der Waals surface area contributed by atoms with E-state index in [1.165, 1.54) is 13.0 Å². The molecule has 0 unspecified atom stereocenters. The summed E-state index contributed by atoms with van der Waals surface area (Å²) in [5, 5.41) is 9.22. The maximum Gasteiger partial charge on any atom is 0.349 e. The van der Waals surface area contributed by atoms with Crippen molar-refractivity contribution in [2.75, 3.05) is 19.7 Å². The SMILES string of the molecule is CCOc1ccc(/C=C(\C#N)C(=O)O[C@@H](C)C(=O)N2CCCC2)cc1. The van der Waals surface area contributed by atoms with Crippen LogP contribution < -0.4 is 4.74 Å². The van der Waals surface area contributed by atoms with E-state index in [1.807, 2.05) is 13.0 Å². The molecule has 25 heavy (non-hydrogen) atoms. The number of benzene rings is 1. The molecular formula is C19H22N2O4. The summed E-state index contributed by atoms with van der Waals surface area (Å²) < 4.78 is 10.5. The molecule has 1 aromatic rings. The van der Waals surface area contributed by atoms with E-state index in [-0.39, 0.29) is 11.5 Å². The number of hydrogen-bond acceptors (Lipinski definition) is 5. The Bertz CT molecular complexity index is 682. The molecule has 1 aliphatic heterocycles. The third kappa shape index (κ3) is 5.08. The van der Waals surface area contributed by atoms with Gasteiger partial charge in [-0.1, -0.05) is 12.1 Å². The van der Waals surface area contributed by atoms with E-state index in [0.717, 1.165) is 12.8 Å². The number of amides is 1. The Morgan fingerprint density at radius 3 is 2.48 bits per heavy atom. The van der Waals surface area contributed by atoms with Gasteiger partial charge >= 0.3 is 5.97 Å². The lowest BCUT2D eigenvalue weighted by molar-refractivity contribution is -0.155. The molecule has 0 spiro atoms. The average Bonchev–Trinajstić information content (AvgIpc) is 3.15. The van der Waals surface area contributed by atoms with Crippen molar-refractivity contribution in [2.24, 2.45) is 0 Å². The molecule has 132 valence electrons. The maximum absolute atomic E-state index is 12.2. The summed E-state index contributed by atoms with van der Waals surface area (Å²) in [5.74, 6) is -0.300. The Morgan fingerprint density at radius 2 is 1.92 bits per heavy atom. The first-order chi connectivity index (χ1) is 12.0. The molecule has 0 radical (unpaired) electrons. The molecule has 0 aliphatic carbocycles. The largest absolute Gasteiger partial charge is 0.494 e. The topological polar surface area (TPSA) is 79.6 Å². The first-order valence-electron chi connectivity index (χ1n) is 8.39. The number of nitriles is 1. The van der Waals surface area contributed by atoms with Crippen LogP contribution in [0.4, 0.5) is 0 Å². The smallest absolute Gasteiger partial charge is 0.349 e. The summed E-state index contributed by atoms with van der Waals surface area (Å²) in [6.07, 6.45) is 2.47. The van der Waals surface area contributed by atoms with Crippen molar-refractivity contribution in [3.8, 4) is 11.8 Å². The highest BCUT2D eigenvalue weighted by molar-refractivity contribution is 5.99. The predicted octanol–water partition coefficient (Wildman–Crippen LogP) is 2.55. The maximum atomic E-state index is 12.2. The van der Waals surface area contributed by atoms with Crippen molar-refractivity contribution in [1.82, 2.24) is 4.90 Å². The molecule has 1 atom stereocenters. The van der Waals surface area contributed by atoms with Gasteiger partial charge < -0.3 is 14.4 Å². The second kappa shape index (κ2) is 8.88. The number of ether oxygens (including phenoxy) is 2. The average molecular weight is 342 g/mol. The molecule has 1 aromatic carbocycles. The number of nitrogens with zero attached hydrogens (tertiary/aromatic N) is 2. The van der Waals surface area contributed by atoms with Gasteiger partial charge in [-0.3, -0.25) is 4.79 Å². The summed E-state index contributed by atoms with van der Waals surface area (Å²) in [7, 11) is 0. The van der Waals surface area contributed by atoms with E-state index >= 15 is 0 Å². The number of likely N-dealkylation sites (tertiary alicyclic amines) is 1. The Kier molecular flexibility index (Phi) is 6.58. The van der Waals surface area contributed by atoms with Crippen LogP contribution in [0.1, 0.15) is 32.3 Å². The minimum absolute atomic E-state index is 0.148. The molecular weight excluding hydrogens is 320 g/mol. The van der Waals surface area contributed by atoms with Crippen molar-refractivity contribution in [2.45, 2.75) is 32.8 Å². The Morgan fingerprint density at radius 1 is 1.28 bits per heavy atom. The molecule has 6 heteroatoms. The molecule has 0 bridgehead atoms. The van der Waals surface area contributed by atoms with Gasteiger partial charge in [-0.25, -0.2) is 4.79 Å². The predicted molar refractivity (Wildman–Crippen MR) is 92.6 cm³/mol. The van der Waals surface area contributed by atoms with Crippen molar-refractivity contribution in [3.63, 3.8) is 0 Å². The molecule has 0 aromatic heterocycles. The van der Waals surface area contributed by atoms with Crippen molar-refractivity contribution < 1.29 is 19.1 Å². The monoisotopic (exact) mass is 342 g/mol. The standard InChI is InChI=1S/C19H22N2O4/c1-3-24-17-8-6-15(7-9-17)12-16(13-20)19(23)25-14(2)18(22)21-10-4-5-11-21/h6-9,12,14H,3-5,10-11H2,1-2H3/b16-12+/t14-/m0/s1. The van der Waals surface area contributed by atoms with Crippen LogP contribution in [0.15, 0.2) is 29.8 Å². The van der Waals surface area contributed by atoms with E-state index in [1.54, 1.807) is 29.2 Å². The highest BCUT2D eigenvalue weighted by atomic mass is 16.5. The van der Waals surface area contributed by atoms with Crippen molar-refractivity contribution in [3.05, 3.63) is 35.4 Å². The second-order valence-electron chi connectivity index (χ2n) is 5.75. The Balaban J connectivity index is 2.02. The van der Waals surface area contributed by atoms with Crippen LogP contribution in [0.25, 0.3) is 6.08 Å². The normalized spacial score (nSPS) is 15.4. The lowest BCUT2D eigenvalue weighted by Crippen LogP contribution is -2.38. The van der Waals surface area contributed by atoms with Crippen LogP contribution in [-0.2, 0) is 14.3 Å². The third-order valence-corrected chi connectivity index (χ3v) is 3.89. The van der Waals surface area contributed by atoms with E-state index in [9.17, 15) is 14.9 Å². The molecule has 1 aliphatic rings. The molecule has 2 rings (SSSR count). The quantitative estimate of drug-likeness (QED) is 0.451. The summed E-state index contributed by atoms with van der Waals surface area (Å²) in [6.45, 7) is 5.36. The third-order valence-electron chi connectivity index (χ3n) is 3.89. The van der Waals surface area contributed by atoms with Crippen LogP contribution in [0.3, 0.4) is 0 Å². The fourth-order valence-corrected chi connectivity index (χ4v) is 2.60. The molecule has 1 saturated heterocycles. The van der Waals surface area contributed by atoms with Gasteiger partial charge in [0.2, 0.25) is 0 Å². The van der Waals surface area contributed by atoms with Gasteiger partial charge in [0.15, 0.2) is 6.10 Å². The van der Waals surface area contributed by atoms with Crippen LogP contribution >= 0.6 is 0 Å². The highest BCUT2D eigenvalue weighted by Gasteiger charge is 2.26. The van der Waals surface area contributed by atoms with E-state index in [4.69, 9.17) is 9.47 Å². The first kappa shape index (κ1) is 18.5. The molecule has 1 fully saturated rings. The van der Waals surface area contributed by atoms with Gasteiger partial charge in [0.25, 0.3) is 5.91 Å². The van der Waals surface area contributed by atoms with E-state index in [2.05, 4.69) is 0 Å². The summed E-state index contributed by atoms with van der Waals surface area (Å²) in [5.41, 5.74) is 0.528. The minimum Gasteiger partial charge on any atom is -0.494 e. The fraction of sp³-hybridized carbons (Fsp3) is 0.421. The molecule has 1 heterocycles. The van der Waals surface area contributed by atoms with E-state index in [0.29, 0.717) is 31.0 Å². The van der Waals surface area contributed by atoms with Crippen molar-refractivity contribution in [1.29, 1.82) is 5.26 Å². The molecule has 0 saturated carbocycles. The van der Waals surface area contributed by atoms with Gasteiger partial charge in [-0.15, -0.1) is 0 Å². The van der Waals surface area contributed by atoms with Crippen LogP contribution in [0.5, 0.6) is 5.75 Å². The molecule has 6 nitrogen and oxygen atoms in total. The lowest BCUT2D eigenvalue weighted by Gasteiger charge is -2.20. The molecule has 0 N–H and O–H groups in total. The minimum atomic E-state index is -0.900. The fourth-order valence-electron chi connectivity index (χ4n) is 2.60. The highest BCUT2D eigenvalue weighted by Crippen LogP contribution is 2.16. The Hall–Kier alpha value is -2.81. The van der Waals surface area contributed by atoms with Gasteiger partial charge in [-0.2, -0.15) is 5.26 Å². The number of carbonyl (C=O) groups excluding carboxylic acids is 2. The van der Waals surface area contributed by atoms with Gasteiger partial charge in [0, 0.05) is 13.1 Å². The first-order valence-corrected chi connectivity index (χ1v) is 8.39. The van der Waals surface area contributed by atoms with Gasteiger partial charge in [-0.05, 0) is 50.5 Å². The van der Waals surface area contributed by atoms with Crippen LogP contribution in [0, 0.1) is 11.3 Å². The van der Waals surface area contributed by atoms with Crippen LogP contribution in [0.2, 0.25) is 0 Å². The van der Waals surface area contributed by atoms with Crippen LogP contribution in [-0.4, -0.2) is 42.6 Å². The zero-order valence-corrected chi connectivity index (χ0v) is 14.5. The van der Waals surface area contributed by atoms with Crippen molar-refractivity contribution >= 4 is 18.0 Å². The number of carbonyl (C=O) groups is 2. The summed E-state index contributed by atoms with van der Waals surface area (Å²) >= 11 is 0. The zero-order valence-electron chi connectivity index (χ0n) is 14.5. The summed E-state index contributed by atoms with van der Waals surface area (Å²) in [4.78, 5) is 26.0. The van der Waals surface area contributed by atoms with Gasteiger partial charge in [0.05, 0.1) is 6.61 Å². The number of rotatable bonds is 6. The molecule has 1 amide bonds. The Labute approximate surface area is 147 Å². The number of esters is 1.